The van der Waals surface area contributed by atoms with Crippen molar-refractivity contribution in [1.29, 1.82) is 0 Å². The molecular formula is C11H13N3OS2. The van der Waals surface area contributed by atoms with Crippen molar-refractivity contribution in [3.8, 4) is 0 Å². The molecule has 1 rings (SSSR count). The summed E-state index contributed by atoms with van der Waals surface area (Å²) in [5.41, 5.74) is 11.2. The first-order valence-corrected chi connectivity index (χ1v) is 6.51. The van der Waals surface area contributed by atoms with E-state index in [1.54, 1.807) is 0 Å². The first kappa shape index (κ1) is 13.8. The van der Waals surface area contributed by atoms with Crippen molar-refractivity contribution in [3.63, 3.8) is 0 Å². The summed E-state index contributed by atoms with van der Waals surface area (Å²) in [6.07, 6.45) is 0. The van der Waals surface area contributed by atoms with Crippen molar-refractivity contribution < 1.29 is 4.74 Å². The summed E-state index contributed by atoms with van der Waals surface area (Å²) in [7, 11) is 0. The summed E-state index contributed by atoms with van der Waals surface area (Å²) in [6, 6.07) is 5.72. The smallest absolute Gasteiger partial charge is 0.220 e. The van der Waals surface area contributed by atoms with Gasteiger partial charge < -0.3 is 4.74 Å². The molecular weight excluding hydrogens is 254 g/mol. The molecule has 0 radical (unpaired) electrons. The number of thiocarbonyl (C=S) groups is 1. The van der Waals surface area contributed by atoms with Crippen molar-refractivity contribution in [1.82, 2.24) is 0 Å². The van der Waals surface area contributed by atoms with Crippen LogP contribution in [0.25, 0.3) is 10.4 Å². The average molecular weight is 267 g/mol. The molecule has 0 aliphatic carbocycles. The molecule has 0 aromatic heterocycles. The Bertz CT molecular complexity index is 456. The molecule has 1 aromatic rings. The highest BCUT2D eigenvalue weighted by molar-refractivity contribution is 8.22. The quantitative estimate of drug-likeness (QED) is 0.349. The molecule has 1 aromatic carbocycles. The Labute approximate surface area is 110 Å². The molecule has 0 saturated carbocycles. The molecule has 0 unspecified atom stereocenters. The molecule has 0 atom stereocenters. The van der Waals surface area contributed by atoms with Crippen LogP contribution in [0.2, 0.25) is 0 Å². The molecule has 6 heteroatoms. The second kappa shape index (κ2) is 7.17. The minimum atomic E-state index is 0.515. The minimum Gasteiger partial charge on any atom is -0.479 e. The standard InChI is InChI=1S/C11H13N3OS2/c1-3-15-11(16)17-7-9-6-8(2)4-5-10(9)13-14-12/h4-6H,3,7H2,1-2H3. The lowest BCUT2D eigenvalue weighted by Crippen LogP contribution is -1.96. The molecule has 0 aliphatic rings. The van der Waals surface area contributed by atoms with Crippen molar-refractivity contribution in [2.75, 3.05) is 6.61 Å². The summed E-state index contributed by atoms with van der Waals surface area (Å²) in [6.45, 7) is 4.46. The van der Waals surface area contributed by atoms with E-state index >= 15 is 0 Å². The number of benzene rings is 1. The number of thioether (sulfide) groups is 1. The van der Waals surface area contributed by atoms with Gasteiger partial charge in [0.25, 0.3) is 0 Å². The van der Waals surface area contributed by atoms with E-state index in [0.717, 1.165) is 11.1 Å². The number of ether oxygens (including phenoxy) is 1. The van der Waals surface area contributed by atoms with Crippen molar-refractivity contribution in [3.05, 3.63) is 39.8 Å². The third-order valence-electron chi connectivity index (χ3n) is 2.00. The minimum absolute atomic E-state index is 0.515. The van der Waals surface area contributed by atoms with Gasteiger partial charge in [0.1, 0.15) is 0 Å². The van der Waals surface area contributed by atoms with Gasteiger partial charge in [0.2, 0.25) is 4.38 Å². The van der Waals surface area contributed by atoms with Crippen LogP contribution in [0.15, 0.2) is 23.3 Å². The molecule has 4 nitrogen and oxygen atoms in total. The highest BCUT2D eigenvalue weighted by Crippen LogP contribution is 2.26. The zero-order valence-corrected chi connectivity index (χ0v) is 11.3. The summed E-state index contributed by atoms with van der Waals surface area (Å²) in [4.78, 5) is 2.81. The van der Waals surface area contributed by atoms with Gasteiger partial charge in [-0.15, -0.1) is 0 Å². The van der Waals surface area contributed by atoms with E-state index in [4.69, 9.17) is 22.5 Å². The van der Waals surface area contributed by atoms with E-state index in [1.807, 2.05) is 32.0 Å². The van der Waals surface area contributed by atoms with Gasteiger partial charge in [-0.2, -0.15) is 0 Å². The van der Waals surface area contributed by atoms with E-state index in [9.17, 15) is 0 Å². The Hall–Kier alpha value is -1.23. The van der Waals surface area contributed by atoms with E-state index in [1.165, 1.54) is 11.8 Å². The lowest BCUT2D eigenvalue weighted by Gasteiger charge is -2.07. The molecule has 0 spiro atoms. The molecule has 0 bridgehead atoms. The van der Waals surface area contributed by atoms with Crippen LogP contribution in [0, 0.1) is 6.92 Å². The van der Waals surface area contributed by atoms with E-state index in [-0.39, 0.29) is 0 Å². The summed E-state index contributed by atoms with van der Waals surface area (Å²) >= 11 is 6.46. The predicted octanol–water partition coefficient (Wildman–Crippen LogP) is 4.49. The van der Waals surface area contributed by atoms with Crippen molar-refractivity contribution in [2.24, 2.45) is 5.11 Å². The second-order valence-electron chi connectivity index (χ2n) is 3.29. The van der Waals surface area contributed by atoms with Crippen LogP contribution < -0.4 is 0 Å². The summed E-state index contributed by atoms with van der Waals surface area (Å²) in [5.74, 6) is 0.648. The fourth-order valence-corrected chi connectivity index (χ4v) is 2.27. The van der Waals surface area contributed by atoms with Crippen LogP contribution in [0.1, 0.15) is 18.1 Å². The topological polar surface area (TPSA) is 58.0 Å². The first-order chi connectivity index (χ1) is 8.17. The maximum atomic E-state index is 8.48. The molecule has 0 amide bonds. The van der Waals surface area contributed by atoms with Crippen molar-refractivity contribution in [2.45, 2.75) is 19.6 Å². The number of aryl methyl sites for hydroxylation is 1. The maximum Gasteiger partial charge on any atom is 0.220 e. The fraction of sp³-hybridized carbons (Fsp3) is 0.364. The van der Waals surface area contributed by atoms with Gasteiger partial charge in [0, 0.05) is 16.4 Å². The molecule has 0 fully saturated rings. The fourth-order valence-electron chi connectivity index (χ4n) is 1.27. The van der Waals surface area contributed by atoms with E-state index < -0.39 is 0 Å². The van der Waals surface area contributed by atoms with Crippen LogP contribution in [0.5, 0.6) is 0 Å². The largest absolute Gasteiger partial charge is 0.479 e. The van der Waals surface area contributed by atoms with Crippen LogP contribution >= 0.6 is 24.0 Å². The average Bonchev–Trinajstić information content (AvgIpc) is 2.30. The molecule has 0 heterocycles. The summed E-state index contributed by atoms with van der Waals surface area (Å²) < 4.78 is 5.70. The third kappa shape index (κ3) is 4.65. The Kier molecular flexibility index (Phi) is 5.83. The second-order valence-corrected chi connectivity index (χ2v) is 4.87. The molecule has 17 heavy (non-hydrogen) atoms. The number of nitrogens with zero attached hydrogens (tertiary/aromatic N) is 3. The monoisotopic (exact) mass is 267 g/mol. The van der Waals surface area contributed by atoms with Crippen LogP contribution in [-0.2, 0) is 10.5 Å². The van der Waals surface area contributed by atoms with E-state index in [2.05, 4.69) is 10.0 Å². The lowest BCUT2D eigenvalue weighted by atomic mass is 10.1. The van der Waals surface area contributed by atoms with Crippen LogP contribution in [0.3, 0.4) is 0 Å². The SMILES string of the molecule is CCOC(=S)SCc1cc(C)ccc1N=[N+]=[N-]. The van der Waals surface area contributed by atoms with Gasteiger partial charge in [-0.1, -0.05) is 40.6 Å². The molecule has 90 valence electrons. The third-order valence-corrected chi connectivity index (χ3v) is 3.28. The highest BCUT2D eigenvalue weighted by Gasteiger charge is 2.04. The molecule has 0 N–H and O–H groups in total. The number of hydrogen-bond donors (Lipinski definition) is 0. The normalized spacial score (nSPS) is 9.53. The lowest BCUT2D eigenvalue weighted by molar-refractivity contribution is 0.346. The summed E-state index contributed by atoms with van der Waals surface area (Å²) in [5, 5.41) is 3.65. The van der Waals surface area contributed by atoms with Gasteiger partial charge in [-0.05, 0) is 37.2 Å². The number of azide groups is 1. The number of hydrogen-bond acceptors (Lipinski definition) is 4. The maximum absolute atomic E-state index is 8.48. The van der Waals surface area contributed by atoms with Crippen LogP contribution in [-0.4, -0.2) is 11.0 Å². The Balaban J connectivity index is 2.78. The number of rotatable bonds is 4. The van der Waals surface area contributed by atoms with Gasteiger partial charge in [-0.25, -0.2) is 0 Å². The predicted molar refractivity (Wildman–Crippen MR) is 75.5 cm³/mol. The Morgan fingerprint density at radius 3 is 3.00 bits per heavy atom. The van der Waals surface area contributed by atoms with E-state index in [0.29, 0.717) is 22.4 Å². The van der Waals surface area contributed by atoms with Gasteiger partial charge >= 0.3 is 0 Å². The van der Waals surface area contributed by atoms with Gasteiger partial charge in [-0.3, -0.25) is 0 Å². The highest BCUT2D eigenvalue weighted by atomic mass is 32.2. The molecule has 0 saturated heterocycles. The Morgan fingerprint density at radius 2 is 2.35 bits per heavy atom. The zero-order valence-electron chi connectivity index (χ0n) is 9.71. The van der Waals surface area contributed by atoms with Crippen LogP contribution in [0.4, 0.5) is 5.69 Å². The van der Waals surface area contributed by atoms with Crippen molar-refractivity contribution >= 4 is 34.0 Å². The Morgan fingerprint density at radius 1 is 1.59 bits per heavy atom. The molecule has 0 aliphatic heterocycles. The van der Waals surface area contributed by atoms with Gasteiger partial charge in [0.15, 0.2) is 0 Å². The van der Waals surface area contributed by atoms with Gasteiger partial charge in [0.05, 0.1) is 6.61 Å². The first-order valence-electron chi connectivity index (χ1n) is 5.11. The zero-order chi connectivity index (χ0) is 12.7.